The topological polar surface area (TPSA) is 75.3 Å². The Morgan fingerprint density at radius 1 is 1.19 bits per heavy atom. The summed E-state index contributed by atoms with van der Waals surface area (Å²) in [4.78, 5) is 35.5. The normalized spacial score (nSPS) is 10.0. The molecule has 0 bridgehead atoms. The molecule has 5 nitrogen and oxygen atoms in total. The quantitative estimate of drug-likeness (QED) is 0.850. The van der Waals surface area contributed by atoms with E-state index in [0.29, 0.717) is 15.5 Å². The van der Waals surface area contributed by atoms with Crippen molar-refractivity contribution in [1.82, 2.24) is 5.32 Å². The maximum Gasteiger partial charge on any atom is 0.265 e. The van der Waals surface area contributed by atoms with Crippen molar-refractivity contribution < 1.29 is 14.4 Å². The molecule has 0 spiro atoms. The van der Waals surface area contributed by atoms with Crippen LogP contribution in [0.25, 0.3) is 0 Å². The molecule has 2 N–H and O–H groups in total. The summed E-state index contributed by atoms with van der Waals surface area (Å²) in [5, 5.41) is 5.07. The second-order valence-electron chi connectivity index (χ2n) is 4.02. The Kier molecular flexibility index (Phi) is 4.72. The molecule has 0 aliphatic carbocycles. The van der Waals surface area contributed by atoms with Crippen molar-refractivity contribution in [2.24, 2.45) is 0 Å². The van der Waals surface area contributed by atoms with Gasteiger partial charge < -0.3 is 10.6 Å². The molecule has 0 unspecified atom stereocenters. The Hall–Kier alpha value is -2.18. The van der Waals surface area contributed by atoms with Crippen molar-refractivity contribution in [1.29, 1.82) is 0 Å². The minimum atomic E-state index is -0.447. The van der Waals surface area contributed by atoms with Crippen molar-refractivity contribution >= 4 is 46.7 Å². The Morgan fingerprint density at radius 2 is 1.95 bits per heavy atom. The van der Waals surface area contributed by atoms with Gasteiger partial charge in [0.15, 0.2) is 6.29 Å². The fraction of sp³-hybridized carbons (Fsp3) is 0.0714. The van der Waals surface area contributed by atoms with Crippen molar-refractivity contribution in [3.05, 3.63) is 50.7 Å². The van der Waals surface area contributed by atoms with Crippen molar-refractivity contribution in [3.8, 4) is 0 Å². The summed E-state index contributed by atoms with van der Waals surface area (Å²) in [6.07, 6.45) is 0.572. The number of benzene rings is 1. The maximum absolute atomic E-state index is 12.1. The Labute approximate surface area is 129 Å². The number of halogens is 1. The number of thiophene rings is 1. The summed E-state index contributed by atoms with van der Waals surface area (Å²) in [7, 11) is 1.45. The Bertz CT molecular complexity index is 712. The zero-order chi connectivity index (χ0) is 15.4. The van der Waals surface area contributed by atoms with Crippen LogP contribution < -0.4 is 10.6 Å². The van der Waals surface area contributed by atoms with Crippen molar-refractivity contribution in [2.45, 2.75) is 0 Å². The van der Waals surface area contributed by atoms with E-state index in [4.69, 9.17) is 11.6 Å². The first kappa shape index (κ1) is 15.2. The summed E-state index contributed by atoms with van der Waals surface area (Å²) >= 11 is 6.92. The number of carbonyl (C=O) groups is 3. The van der Waals surface area contributed by atoms with Crippen LogP contribution in [0.1, 0.15) is 30.4 Å². The van der Waals surface area contributed by atoms with Crippen molar-refractivity contribution in [3.63, 3.8) is 0 Å². The van der Waals surface area contributed by atoms with E-state index in [9.17, 15) is 14.4 Å². The minimum Gasteiger partial charge on any atom is -0.355 e. The first-order valence-corrected chi connectivity index (χ1v) is 7.13. The summed E-state index contributed by atoms with van der Waals surface area (Å²) in [5.41, 5.74) is 0.607. The van der Waals surface area contributed by atoms with Gasteiger partial charge in [0, 0.05) is 12.6 Å². The van der Waals surface area contributed by atoms with Gasteiger partial charge in [-0.1, -0.05) is 23.7 Å². The predicted octanol–water partition coefficient (Wildman–Crippen LogP) is 2.83. The molecule has 1 aromatic carbocycles. The summed E-state index contributed by atoms with van der Waals surface area (Å²) in [6.45, 7) is 0. The van der Waals surface area contributed by atoms with E-state index >= 15 is 0 Å². The molecule has 0 fully saturated rings. The molecule has 0 aliphatic heterocycles. The first-order valence-electron chi connectivity index (χ1n) is 5.93. The number of carbonyl (C=O) groups excluding carboxylic acids is 3. The molecule has 0 aliphatic rings. The molecule has 7 heteroatoms. The van der Waals surface area contributed by atoms with Gasteiger partial charge in [-0.2, -0.15) is 0 Å². The van der Waals surface area contributed by atoms with Gasteiger partial charge in [0.05, 0.1) is 20.5 Å². The Balaban J connectivity index is 2.37. The third kappa shape index (κ3) is 3.29. The van der Waals surface area contributed by atoms with E-state index in [1.54, 1.807) is 24.3 Å². The van der Waals surface area contributed by atoms with Crippen LogP contribution in [-0.2, 0) is 0 Å². The Morgan fingerprint density at radius 3 is 2.52 bits per heavy atom. The molecule has 2 amide bonds. The van der Waals surface area contributed by atoms with E-state index in [2.05, 4.69) is 10.6 Å². The highest BCUT2D eigenvalue weighted by Gasteiger charge is 2.18. The smallest absolute Gasteiger partial charge is 0.265 e. The van der Waals surface area contributed by atoms with Crippen LogP contribution in [0, 0.1) is 0 Å². The molecular weight excluding hydrogens is 312 g/mol. The third-order valence-corrected chi connectivity index (χ3v) is 3.95. The molecule has 0 atom stereocenters. The monoisotopic (exact) mass is 322 g/mol. The number of rotatable bonds is 4. The number of anilines is 1. The molecule has 2 aromatic rings. The molecular formula is C14H11ClN2O3S. The van der Waals surface area contributed by atoms with Gasteiger partial charge >= 0.3 is 0 Å². The van der Waals surface area contributed by atoms with Gasteiger partial charge in [0.25, 0.3) is 11.8 Å². The summed E-state index contributed by atoms with van der Waals surface area (Å²) < 4.78 is 0.494. The number of aldehydes is 1. The van der Waals surface area contributed by atoms with Crippen LogP contribution in [0.15, 0.2) is 30.3 Å². The number of amides is 2. The molecule has 108 valence electrons. The lowest BCUT2D eigenvalue weighted by Crippen LogP contribution is -2.23. The van der Waals surface area contributed by atoms with E-state index in [0.717, 1.165) is 11.3 Å². The van der Waals surface area contributed by atoms with Crippen LogP contribution in [0.4, 0.5) is 5.69 Å². The molecule has 0 radical (unpaired) electrons. The predicted molar refractivity (Wildman–Crippen MR) is 82.5 cm³/mol. The average Bonchev–Trinajstić information content (AvgIpc) is 2.92. The molecule has 1 aromatic heterocycles. The fourth-order valence-electron chi connectivity index (χ4n) is 1.77. The highest BCUT2D eigenvalue weighted by Crippen LogP contribution is 2.24. The first-order chi connectivity index (χ1) is 10.1. The van der Waals surface area contributed by atoms with Gasteiger partial charge in [0.2, 0.25) is 0 Å². The summed E-state index contributed by atoms with van der Waals surface area (Å²) in [5.74, 6) is -0.836. The lowest BCUT2D eigenvalue weighted by molar-refractivity contribution is 0.0958. The van der Waals surface area contributed by atoms with Gasteiger partial charge in [0.1, 0.15) is 0 Å². The lowest BCUT2D eigenvalue weighted by Gasteiger charge is -2.11. The number of nitrogens with one attached hydrogen (secondary N) is 2. The molecule has 2 rings (SSSR count). The van der Waals surface area contributed by atoms with Gasteiger partial charge in [-0.25, -0.2) is 0 Å². The molecule has 1 heterocycles. The zero-order valence-corrected chi connectivity index (χ0v) is 12.5. The van der Waals surface area contributed by atoms with E-state index in [1.807, 2.05) is 0 Å². The largest absolute Gasteiger partial charge is 0.355 e. The molecule has 0 saturated carbocycles. The van der Waals surface area contributed by atoms with E-state index < -0.39 is 5.91 Å². The molecule has 0 saturated heterocycles. The number of hydrogen-bond donors (Lipinski definition) is 2. The van der Waals surface area contributed by atoms with E-state index in [1.165, 1.54) is 13.1 Å². The second-order valence-corrected chi connectivity index (χ2v) is 5.74. The summed E-state index contributed by atoms with van der Waals surface area (Å²) in [6, 6.07) is 7.86. The zero-order valence-electron chi connectivity index (χ0n) is 11.0. The number of hydrogen-bond acceptors (Lipinski definition) is 4. The average molecular weight is 323 g/mol. The van der Waals surface area contributed by atoms with Gasteiger partial charge in [-0.3, -0.25) is 14.4 Å². The molecule has 21 heavy (non-hydrogen) atoms. The second kappa shape index (κ2) is 6.51. The van der Waals surface area contributed by atoms with Crippen LogP contribution in [0.5, 0.6) is 0 Å². The van der Waals surface area contributed by atoms with Crippen molar-refractivity contribution in [2.75, 3.05) is 12.4 Å². The standard InChI is InChI=1S/C14H11ClN2O3S/c1-16-14(20)12-8(7-18)3-2-4-9(12)17-13(19)10-5-6-11(15)21-10/h2-7H,1H3,(H,16,20)(H,17,19). The fourth-order valence-corrected chi connectivity index (χ4v) is 2.71. The van der Waals surface area contributed by atoms with Crippen LogP contribution >= 0.6 is 22.9 Å². The van der Waals surface area contributed by atoms with Gasteiger partial charge in [-0.05, 0) is 18.2 Å². The highest BCUT2D eigenvalue weighted by atomic mass is 35.5. The lowest BCUT2D eigenvalue weighted by atomic mass is 10.1. The maximum atomic E-state index is 12.1. The minimum absolute atomic E-state index is 0.131. The van der Waals surface area contributed by atoms with Crippen LogP contribution in [-0.4, -0.2) is 25.1 Å². The van der Waals surface area contributed by atoms with Crippen LogP contribution in [0.3, 0.4) is 0 Å². The van der Waals surface area contributed by atoms with Crippen LogP contribution in [0.2, 0.25) is 4.34 Å². The van der Waals surface area contributed by atoms with Gasteiger partial charge in [-0.15, -0.1) is 11.3 Å². The van der Waals surface area contributed by atoms with E-state index in [-0.39, 0.29) is 22.7 Å². The SMILES string of the molecule is CNC(=O)c1c(C=O)cccc1NC(=O)c1ccc(Cl)s1. The third-order valence-electron chi connectivity index (χ3n) is 2.72. The highest BCUT2D eigenvalue weighted by molar-refractivity contribution is 7.18.